The third-order valence-corrected chi connectivity index (χ3v) is 5.92. The molecule has 32 heavy (non-hydrogen) atoms. The molecule has 0 N–H and O–H groups in total. The summed E-state index contributed by atoms with van der Waals surface area (Å²) in [6, 6.07) is 17.2. The Morgan fingerprint density at radius 2 is 1.38 bits per heavy atom. The van der Waals surface area contributed by atoms with E-state index in [1.54, 1.807) is 11.1 Å². The molecule has 0 aromatic heterocycles. The van der Waals surface area contributed by atoms with Gasteiger partial charge in [-0.1, -0.05) is 114 Å². The summed E-state index contributed by atoms with van der Waals surface area (Å²) >= 11 is 0. The number of allylic oxidation sites excluding steroid dienone is 2. The Morgan fingerprint density at radius 3 is 1.78 bits per heavy atom. The second-order valence-corrected chi connectivity index (χ2v) is 8.67. The third kappa shape index (κ3) is 13.7. The lowest BCUT2D eigenvalue weighted by molar-refractivity contribution is 0.457. The van der Waals surface area contributed by atoms with E-state index in [-0.39, 0.29) is 0 Å². The van der Waals surface area contributed by atoms with Gasteiger partial charge in [0.2, 0.25) is 0 Å². The van der Waals surface area contributed by atoms with Crippen LogP contribution in [-0.4, -0.2) is 0 Å². The average molecular weight is 455 g/mol. The molecule has 2 unspecified atom stereocenters. The molecule has 2 aromatic rings. The SMILES string of the molecule is C=C.CC.CCC1CCC(c2ccccc2C)=C(C)C1.CCCC.Cc1ccc(P)cc1. The lowest BCUT2D eigenvalue weighted by atomic mass is 9.80. The van der Waals surface area contributed by atoms with Gasteiger partial charge in [0.25, 0.3) is 0 Å². The van der Waals surface area contributed by atoms with Crippen LogP contribution >= 0.6 is 9.24 Å². The minimum Gasteiger partial charge on any atom is -0.106 e. The Labute approximate surface area is 203 Å². The monoisotopic (exact) mass is 454 g/mol. The van der Waals surface area contributed by atoms with Gasteiger partial charge >= 0.3 is 0 Å². The minimum absolute atomic E-state index is 0.924. The normalized spacial score (nSPS) is 14.2. The summed E-state index contributed by atoms with van der Waals surface area (Å²) in [5.41, 5.74) is 7.45. The van der Waals surface area contributed by atoms with E-state index in [4.69, 9.17) is 0 Å². The first-order valence-electron chi connectivity index (χ1n) is 12.5. The fraction of sp³-hybridized carbons (Fsp3) is 0.484. The summed E-state index contributed by atoms with van der Waals surface area (Å²) in [5.74, 6) is 0.924. The van der Waals surface area contributed by atoms with Crippen molar-refractivity contribution in [2.75, 3.05) is 0 Å². The van der Waals surface area contributed by atoms with Crippen molar-refractivity contribution in [1.29, 1.82) is 0 Å². The van der Waals surface area contributed by atoms with Crippen LogP contribution in [0.4, 0.5) is 0 Å². The maximum Gasteiger partial charge on any atom is -0.0196 e. The molecule has 3 rings (SSSR count). The zero-order valence-electron chi connectivity index (χ0n) is 22.4. The summed E-state index contributed by atoms with van der Waals surface area (Å²) in [5, 5.41) is 1.25. The molecule has 180 valence electrons. The summed E-state index contributed by atoms with van der Waals surface area (Å²) in [4.78, 5) is 0. The van der Waals surface area contributed by atoms with E-state index >= 15 is 0 Å². The van der Waals surface area contributed by atoms with Crippen molar-refractivity contribution in [3.05, 3.63) is 84.0 Å². The average Bonchev–Trinajstić information content (AvgIpc) is 2.84. The first kappa shape index (κ1) is 32.5. The highest BCUT2D eigenvalue weighted by molar-refractivity contribution is 7.27. The largest absolute Gasteiger partial charge is 0.106 e. The molecule has 0 fully saturated rings. The lowest BCUT2D eigenvalue weighted by Crippen LogP contribution is -2.08. The Balaban J connectivity index is 0. The van der Waals surface area contributed by atoms with Crippen LogP contribution < -0.4 is 5.30 Å². The molecule has 0 saturated carbocycles. The van der Waals surface area contributed by atoms with E-state index in [2.05, 4.69) is 112 Å². The maximum atomic E-state index is 3.00. The molecule has 2 aromatic carbocycles. The number of rotatable bonds is 3. The molecule has 1 aliphatic carbocycles. The fourth-order valence-electron chi connectivity index (χ4n) is 3.41. The highest BCUT2D eigenvalue weighted by atomic mass is 31.0. The van der Waals surface area contributed by atoms with E-state index in [0.29, 0.717) is 0 Å². The van der Waals surface area contributed by atoms with Crippen LogP contribution in [0.1, 0.15) is 96.8 Å². The van der Waals surface area contributed by atoms with Gasteiger partial charge in [-0.05, 0) is 68.0 Å². The number of hydrogen-bond acceptors (Lipinski definition) is 0. The highest BCUT2D eigenvalue weighted by Gasteiger charge is 2.18. The lowest BCUT2D eigenvalue weighted by Gasteiger charge is -2.25. The molecule has 0 saturated heterocycles. The molecule has 1 heteroatoms. The van der Waals surface area contributed by atoms with Crippen LogP contribution in [-0.2, 0) is 0 Å². The van der Waals surface area contributed by atoms with Gasteiger partial charge in [-0.25, -0.2) is 0 Å². The summed E-state index contributed by atoms with van der Waals surface area (Å²) in [6.07, 6.45) is 7.92. The molecule has 0 radical (unpaired) electrons. The maximum absolute atomic E-state index is 3.00. The van der Waals surface area contributed by atoms with Crippen LogP contribution in [0.15, 0.2) is 67.3 Å². The van der Waals surface area contributed by atoms with Crippen molar-refractivity contribution in [3.63, 3.8) is 0 Å². The van der Waals surface area contributed by atoms with Gasteiger partial charge in [0, 0.05) is 0 Å². The number of hydrogen-bond donors (Lipinski definition) is 0. The van der Waals surface area contributed by atoms with Crippen LogP contribution in [0, 0.1) is 19.8 Å². The topological polar surface area (TPSA) is 0 Å². The molecule has 0 amide bonds. The summed E-state index contributed by atoms with van der Waals surface area (Å²) in [7, 11) is 2.65. The van der Waals surface area contributed by atoms with Crippen LogP contribution in [0.2, 0.25) is 0 Å². The summed E-state index contributed by atoms with van der Waals surface area (Å²) in [6.45, 7) is 23.3. The van der Waals surface area contributed by atoms with Crippen molar-refractivity contribution in [2.45, 2.75) is 93.9 Å². The Bertz CT molecular complexity index is 701. The molecule has 0 heterocycles. The van der Waals surface area contributed by atoms with Crippen LogP contribution in [0.5, 0.6) is 0 Å². The first-order chi connectivity index (χ1) is 15.4. The third-order valence-electron chi connectivity index (χ3n) is 5.54. The van der Waals surface area contributed by atoms with Gasteiger partial charge in [0.15, 0.2) is 0 Å². The molecule has 0 spiro atoms. The van der Waals surface area contributed by atoms with Gasteiger partial charge in [-0.2, -0.15) is 0 Å². The minimum atomic E-state index is 0.924. The predicted octanol–water partition coefficient (Wildman–Crippen LogP) is 10.1. The molecular formula is C31H51P. The van der Waals surface area contributed by atoms with Gasteiger partial charge in [-0.15, -0.1) is 22.4 Å². The van der Waals surface area contributed by atoms with Gasteiger partial charge < -0.3 is 0 Å². The second-order valence-electron chi connectivity index (χ2n) is 8.00. The summed E-state index contributed by atoms with van der Waals surface area (Å²) < 4.78 is 0. The van der Waals surface area contributed by atoms with E-state index in [1.807, 2.05) is 13.8 Å². The quantitative estimate of drug-likeness (QED) is 0.319. The van der Waals surface area contributed by atoms with Gasteiger partial charge in [0.1, 0.15) is 0 Å². The molecule has 0 nitrogen and oxygen atoms in total. The van der Waals surface area contributed by atoms with E-state index in [9.17, 15) is 0 Å². The zero-order valence-corrected chi connectivity index (χ0v) is 23.6. The highest BCUT2D eigenvalue weighted by Crippen LogP contribution is 2.37. The van der Waals surface area contributed by atoms with Crippen molar-refractivity contribution in [2.24, 2.45) is 5.92 Å². The standard InChI is InChI=1S/C16H22.C7H9P.C4H10.C2H6.C2H4/c1-4-14-9-10-16(13(3)11-14)15-8-6-5-7-12(15)2;1-6-2-4-7(8)5-3-6;1-3-4-2;2*1-2/h5-8,14H,4,9-11H2,1-3H3;2-5H,8H2,1H3;3-4H2,1-2H3;1-2H3;1-2H2. The van der Waals surface area contributed by atoms with E-state index < -0.39 is 0 Å². The molecule has 0 aliphatic heterocycles. The van der Waals surface area contributed by atoms with E-state index in [0.717, 1.165) is 5.92 Å². The van der Waals surface area contributed by atoms with Gasteiger partial charge in [0.05, 0.1) is 0 Å². The van der Waals surface area contributed by atoms with Crippen LogP contribution in [0.3, 0.4) is 0 Å². The Kier molecular flexibility index (Phi) is 21.6. The Morgan fingerprint density at radius 1 is 0.844 bits per heavy atom. The van der Waals surface area contributed by atoms with E-state index in [1.165, 1.54) is 60.5 Å². The van der Waals surface area contributed by atoms with Crippen molar-refractivity contribution in [3.8, 4) is 0 Å². The number of benzene rings is 2. The number of unbranched alkanes of at least 4 members (excludes halogenated alkanes) is 1. The van der Waals surface area contributed by atoms with Crippen LogP contribution in [0.25, 0.3) is 5.57 Å². The predicted molar refractivity (Wildman–Crippen MR) is 155 cm³/mol. The van der Waals surface area contributed by atoms with Crippen molar-refractivity contribution < 1.29 is 0 Å². The zero-order chi connectivity index (χ0) is 24.9. The smallest absolute Gasteiger partial charge is 0.0196 e. The Hall–Kier alpha value is -1.65. The van der Waals surface area contributed by atoms with Gasteiger partial charge in [-0.3, -0.25) is 0 Å². The number of aryl methyl sites for hydroxylation is 2. The molecule has 2 atom stereocenters. The second kappa shape index (κ2) is 21.2. The van der Waals surface area contributed by atoms with Crippen molar-refractivity contribution in [1.82, 2.24) is 0 Å². The molecular weight excluding hydrogens is 403 g/mol. The molecule has 1 aliphatic rings. The fourth-order valence-corrected chi connectivity index (χ4v) is 3.60. The molecule has 0 bridgehead atoms. The first-order valence-corrected chi connectivity index (χ1v) is 13.1. The van der Waals surface area contributed by atoms with Crippen molar-refractivity contribution >= 4 is 20.1 Å².